The van der Waals surface area contributed by atoms with Crippen LogP contribution in [-0.4, -0.2) is 41.2 Å². The number of allylic oxidation sites excluding steroid dienone is 1. The zero-order valence-corrected chi connectivity index (χ0v) is 20.0. The first-order valence-electron chi connectivity index (χ1n) is 11.0. The smallest absolute Gasteiger partial charge is 0.288 e. The van der Waals surface area contributed by atoms with Crippen LogP contribution in [0.25, 0.3) is 11.2 Å². The molecule has 3 aliphatic rings. The number of aromatic nitrogens is 2. The van der Waals surface area contributed by atoms with Gasteiger partial charge >= 0.3 is 0 Å². The minimum Gasteiger partial charge on any atom is -0.441 e. The number of pyridine rings is 1. The summed E-state index contributed by atoms with van der Waals surface area (Å²) in [6.45, 7) is 0. The molecule has 0 aromatic carbocycles. The summed E-state index contributed by atoms with van der Waals surface area (Å²) >= 11 is 0. The van der Waals surface area contributed by atoms with Crippen LogP contribution in [0.5, 0.6) is 0 Å². The van der Waals surface area contributed by atoms with Crippen LogP contribution in [0.3, 0.4) is 0 Å². The third-order valence-electron chi connectivity index (χ3n) is 6.83. The van der Waals surface area contributed by atoms with Crippen LogP contribution in [-0.2, 0) is 15.3 Å². The van der Waals surface area contributed by atoms with Gasteiger partial charge in [-0.2, -0.15) is 0 Å². The van der Waals surface area contributed by atoms with Crippen molar-refractivity contribution in [3.05, 3.63) is 48.2 Å². The van der Waals surface area contributed by atoms with Gasteiger partial charge in [-0.1, -0.05) is 6.08 Å². The summed E-state index contributed by atoms with van der Waals surface area (Å²) in [6.07, 6.45) is 8.47. The van der Waals surface area contributed by atoms with Crippen LogP contribution in [0.2, 0.25) is 0 Å². The van der Waals surface area contributed by atoms with Crippen LogP contribution in [0.15, 0.2) is 50.5 Å². The molecule has 10 nitrogen and oxygen atoms in total. The molecule has 6 N–H and O–H groups in total. The van der Waals surface area contributed by atoms with Crippen LogP contribution in [0.4, 0.5) is 0 Å². The predicted octanol–water partition coefficient (Wildman–Crippen LogP) is 1.16. The first-order chi connectivity index (χ1) is 16.0. The number of oxazole rings is 1. The molecule has 3 radical (unpaired) electrons. The SMILES string of the molecule is N=S(=O)(c1ccc(C(=O)N[C@@]2(N)C=CC3(CC(N)(c4nc5cc([Si])cnc5o4)C3)C2)o1)C1CC1. The highest BCUT2D eigenvalue weighted by Crippen LogP contribution is 2.59. The van der Waals surface area contributed by atoms with E-state index in [-0.39, 0.29) is 21.5 Å². The van der Waals surface area contributed by atoms with E-state index in [9.17, 15) is 9.00 Å². The summed E-state index contributed by atoms with van der Waals surface area (Å²) in [7, 11) is 0.417. The van der Waals surface area contributed by atoms with Gasteiger partial charge in [-0.25, -0.2) is 19.0 Å². The van der Waals surface area contributed by atoms with Crippen molar-refractivity contribution in [2.45, 2.75) is 53.6 Å². The van der Waals surface area contributed by atoms with Crippen LogP contribution < -0.4 is 22.0 Å². The summed E-state index contributed by atoms with van der Waals surface area (Å²) in [6, 6.07) is 4.70. The van der Waals surface area contributed by atoms with E-state index in [0.717, 1.165) is 18.0 Å². The molecule has 175 valence electrons. The van der Waals surface area contributed by atoms with Gasteiger partial charge in [-0.3, -0.25) is 4.79 Å². The lowest BCUT2D eigenvalue weighted by molar-refractivity contribution is 0.0355. The average Bonchev–Trinajstić information content (AvgIpc) is 3.19. The van der Waals surface area contributed by atoms with E-state index in [0.29, 0.717) is 36.4 Å². The second-order valence-electron chi connectivity index (χ2n) is 9.86. The number of nitrogens with two attached hydrogens (primary N) is 2. The summed E-state index contributed by atoms with van der Waals surface area (Å²) in [5.41, 5.74) is 12.0. The lowest BCUT2D eigenvalue weighted by Crippen LogP contribution is -2.59. The van der Waals surface area contributed by atoms with Crippen molar-refractivity contribution in [1.29, 1.82) is 4.78 Å². The van der Waals surface area contributed by atoms with E-state index in [1.807, 2.05) is 12.1 Å². The first-order valence-corrected chi connectivity index (χ1v) is 13.1. The number of rotatable bonds is 5. The molecule has 12 heteroatoms. The second-order valence-corrected chi connectivity index (χ2v) is 12.7. The normalized spacial score (nSPS) is 32.1. The third kappa shape index (κ3) is 3.44. The number of nitrogens with one attached hydrogen (secondary N) is 2. The van der Waals surface area contributed by atoms with Crippen LogP contribution in [0, 0.1) is 10.2 Å². The fourth-order valence-electron chi connectivity index (χ4n) is 5.19. The third-order valence-corrected chi connectivity index (χ3v) is 9.33. The topological polar surface area (TPSA) is 174 Å². The van der Waals surface area contributed by atoms with Gasteiger partial charge in [-0.15, -0.1) is 0 Å². The molecule has 2 fully saturated rings. The van der Waals surface area contributed by atoms with E-state index >= 15 is 0 Å². The summed E-state index contributed by atoms with van der Waals surface area (Å²) in [4.78, 5) is 21.5. The number of hydrogen-bond donors (Lipinski definition) is 4. The van der Waals surface area contributed by atoms with Gasteiger partial charge in [-0.05, 0) is 67.0 Å². The number of fused-ring (bicyclic) bond motifs is 1. The average molecular weight is 496 g/mol. The Bertz CT molecular complexity index is 1470. The molecule has 2 saturated carbocycles. The number of carbonyl (C=O) groups is 1. The van der Waals surface area contributed by atoms with E-state index in [4.69, 9.17) is 25.1 Å². The first kappa shape index (κ1) is 21.7. The largest absolute Gasteiger partial charge is 0.441 e. The minimum atomic E-state index is -3.01. The Hall–Kier alpha value is -2.80. The number of nitrogens with zero attached hydrogens (tertiary/aromatic N) is 2. The minimum absolute atomic E-state index is 0.0124. The predicted molar refractivity (Wildman–Crippen MR) is 124 cm³/mol. The number of carbonyl (C=O) groups excluding carboxylic acids is 1. The van der Waals surface area contributed by atoms with Gasteiger partial charge in [0, 0.05) is 6.20 Å². The summed E-state index contributed by atoms with van der Waals surface area (Å²) < 4.78 is 31.9. The Morgan fingerprint density at radius 3 is 2.71 bits per heavy atom. The molecule has 2 atom stereocenters. The fraction of sp³-hybridized carbons (Fsp3) is 0.409. The zero-order chi connectivity index (χ0) is 23.9. The highest BCUT2D eigenvalue weighted by Gasteiger charge is 2.59. The monoisotopic (exact) mass is 495 g/mol. The van der Waals surface area contributed by atoms with Crippen molar-refractivity contribution in [2.75, 3.05) is 0 Å². The lowest BCUT2D eigenvalue weighted by atomic mass is 9.57. The molecule has 3 aliphatic carbocycles. The van der Waals surface area contributed by atoms with Crippen molar-refractivity contribution < 1.29 is 17.8 Å². The Morgan fingerprint density at radius 1 is 1.21 bits per heavy atom. The Labute approximate surface area is 199 Å². The molecule has 3 heterocycles. The Morgan fingerprint density at radius 2 is 1.97 bits per heavy atom. The second kappa shape index (κ2) is 6.87. The highest BCUT2D eigenvalue weighted by atomic mass is 32.2. The molecule has 1 spiro atoms. The molecular weight excluding hydrogens is 472 g/mol. The van der Waals surface area contributed by atoms with E-state index in [1.54, 1.807) is 12.3 Å². The summed E-state index contributed by atoms with van der Waals surface area (Å²) in [5.74, 6) is -0.0978. The Kier molecular flexibility index (Phi) is 4.39. The van der Waals surface area contributed by atoms with Crippen molar-refractivity contribution in [3.8, 4) is 0 Å². The molecule has 3 aromatic rings. The molecular formula is C22H23N6O4SSi. The quantitative estimate of drug-likeness (QED) is 0.232. The maximum atomic E-state index is 12.8. The van der Waals surface area contributed by atoms with Crippen LogP contribution >= 0.6 is 0 Å². The zero-order valence-electron chi connectivity index (χ0n) is 18.2. The van der Waals surface area contributed by atoms with Crippen molar-refractivity contribution in [1.82, 2.24) is 15.3 Å². The molecule has 6 rings (SSSR count). The molecule has 3 aromatic heterocycles. The van der Waals surface area contributed by atoms with Gasteiger partial charge in [0.1, 0.15) is 20.9 Å². The molecule has 0 bridgehead atoms. The van der Waals surface area contributed by atoms with E-state index in [2.05, 4.69) is 25.5 Å². The lowest BCUT2D eigenvalue weighted by Gasteiger charge is -2.51. The van der Waals surface area contributed by atoms with Gasteiger partial charge in [0.2, 0.25) is 11.6 Å². The Balaban J connectivity index is 1.14. The number of amides is 1. The van der Waals surface area contributed by atoms with Gasteiger partial charge in [0.25, 0.3) is 5.91 Å². The molecule has 34 heavy (non-hydrogen) atoms. The number of hydrogen-bond acceptors (Lipinski definition) is 9. The fourth-order valence-corrected chi connectivity index (χ4v) is 7.00. The molecule has 1 amide bonds. The van der Waals surface area contributed by atoms with Crippen molar-refractivity contribution in [3.63, 3.8) is 0 Å². The maximum Gasteiger partial charge on any atom is 0.288 e. The maximum absolute atomic E-state index is 12.8. The van der Waals surface area contributed by atoms with Crippen molar-refractivity contribution in [2.24, 2.45) is 16.9 Å². The molecule has 0 saturated heterocycles. The van der Waals surface area contributed by atoms with E-state index in [1.165, 1.54) is 12.1 Å². The summed E-state index contributed by atoms with van der Waals surface area (Å²) in [5, 5.41) is 3.45. The number of furan rings is 1. The van der Waals surface area contributed by atoms with Gasteiger partial charge < -0.3 is 25.6 Å². The van der Waals surface area contributed by atoms with Gasteiger partial charge in [0.05, 0.1) is 21.0 Å². The molecule has 1 unspecified atom stereocenters. The van der Waals surface area contributed by atoms with Crippen LogP contribution in [0.1, 0.15) is 48.5 Å². The highest BCUT2D eigenvalue weighted by molar-refractivity contribution is 7.93. The standard InChI is InChI=1S/C22H23N6O4SSi/c23-21(19-27-14-7-13(34)8-26-18(14)32-19)9-20(10-21)5-6-22(24,11-20)28-17(29)15-3-4-16(31-15)33(25,30)12-1-2-12/h3-8,12,25H,1-2,9-11,23-24H2,(H,28,29)/t20?,21?,22-,33?/m0/s1. The van der Waals surface area contributed by atoms with Gasteiger partial charge in [0.15, 0.2) is 10.9 Å². The van der Waals surface area contributed by atoms with E-state index < -0.39 is 26.8 Å². The molecule has 0 aliphatic heterocycles. The van der Waals surface area contributed by atoms with Crippen molar-refractivity contribution >= 4 is 42.3 Å².